The average Bonchev–Trinajstić information content (AvgIpc) is 2.47. The zero-order valence-corrected chi connectivity index (χ0v) is 11.9. The predicted molar refractivity (Wildman–Crippen MR) is 79.4 cm³/mol. The summed E-state index contributed by atoms with van der Waals surface area (Å²) in [7, 11) is 1.64. The summed E-state index contributed by atoms with van der Waals surface area (Å²) in [5.41, 5.74) is 8.23. The van der Waals surface area contributed by atoms with Crippen LogP contribution in [0.2, 0.25) is 5.02 Å². The van der Waals surface area contributed by atoms with Gasteiger partial charge in [-0.25, -0.2) is 0 Å². The Balaban J connectivity index is 1.95. The van der Waals surface area contributed by atoms with Crippen molar-refractivity contribution >= 4 is 11.6 Å². The van der Waals surface area contributed by atoms with Gasteiger partial charge in [-0.15, -0.1) is 0 Å². The first kappa shape index (κ1) is 13.3. The van der Waals surface area contributed by atoms with Gasteiger partial charge in [0.25, 0.3) is 0 Å². The molecule has 3 nitrogen and oxygen atoms in total. The van der Waals surface area contributed by atoms with Crippen molar-refractivity contribution in [1.82, 2.24) is 0 Å². The molecule has 1 aliphatic heterocycles. The second kappa shape index (κ2) is 5.35. The van der Waals surface area contributed by atoms with E-state index in [0.717, 1.165) is 22.6 Å². The van der Waals surface area contributed by atoms with Crippen molar-refractivity contribution < 1.29 is 9.47 Å². The Morgan fingerprint density at radius 1 is 1.20 bits per heavy atom. The number of fused-ring (bicyclic) bond motifs is 1. The Kier molecular flexibility index (Phi) is 3.55. The molecule has 3 rings (SSSR count). The van der Waals surface area contributed by atoms with Gasteiger partial charge in [-0.3, -0.25) is 0 Å². The molecule has 20 heavy (non-hydrogen) atoms. The number of methoxy groups -OCH3 is 1. The molecule has 0 saturated carbocycles. The molecular weight excluding hydrogens is 274 g/mol. The van der Waals surface area contributed by atoms with Gasteiger partial charge >= 0.3 is 0 Å². The van der Waals surface area contributed by atoms with E-state index in [0.29, 0.717) is 11.4 Å². The molecule has 0 radical (unpaired) electrons. The number of halogens is 1. The average molecular weight is 290 g/mol. The predicted octanol–water partition coefficient (Wildman–Crippen LogP) is 3.87. The van der Waals surface area contributed by atoms with E-state index < -0.39 is 0 Å². The first-order valence-electron chi connectivity index (χ1n) is 6.53. The van der Waals surface area contributed by atoms with Gasteiger partial charge in [0.15, 0.2) is 0 Å². The Morgan fingerprint density at radius 2 is 2.00 bits per heavy atom. The molecule has 0 aromatic heterocycles. The maximum atomic E-state index is 6.27. The number of benzene rings is 2. The monoisotopic (exact) mass is 289 g/mol. The van der Waals surface area contributed by atoms with E-state index in [1.807, 2.05) is 42.5 Å². The second-order valence-electron chi connectivity index (χ2n) is 4.87. The molecule has 1 heterocycles. The molecule has 0 spiro atoms. The summed E-state index contributed by atoms with van der Waals surface area (Å²) >= 11 is 6.24. The van der Waals surface area contributed by atoms with Crippen molar-refractivity contribution in [2.24, 2.45) is 5.73 Å². The molecule has 2 aromatic rings. The Labute approximate surface area is 123 Å². The fourth-order valence-electron chi connectivity index (χ4n) is 2.54. The lowest BCUT2D eigenvalue weighted by Gasteiger charge is -2.31. The van der Waals surface area contributed by atoms with Gasteiger partial charge in [-0.1, -0.05) is 29.8 Å². The van der Waals surface area contributed by atoms with Crippen molar-refractivity contribution in [2.45, 2.75) is 18.6 Å². The Bertz CT molecular complexity index is 630. The van der Waals surface area contributed by atoms with Gasteiger partial charge in [0.05, 0.1) is 7.11 Å². The Hall–Kier alpha value is -1.71. The smallest absolute Gasteiger partial charge is 0.127 e. The SMILES string of the molecule is COc1ccc2c(c1)[C@H](N)CC(c1ccccc1Cl)O2. The zero-order chi connectivity index (χ0) is 14.1. The van der Waals surface area contributed by atoms with Crippen LogP contribution in [0.3, 0.4) is 0 Å². The molecule has 2 atom stereocenters. The summed E-state index contributed by atoms with van der Waals surface area (Å²) in [5, 5.41) is 0.710. The van der Waals surface area contributed by atoms with Gasteiger partial charge in [0.1, 0.15) is 17.6 Å². The maximum absolute atomic E-state index is 6.27. The van der Waals surface area contributed by atoms with Crippen LogP contribution in [0.4, 0.5) is 0 Å². The van der Waals surface area contributed by atoms with Crippen LogP contribution in [0, 0.1) is 0 Å². The number of rotatable bonds is 2. The van der Waals surface area contributed by atoms with Gasteiger partial charge in [0.2, 0.25) is 0 Å². The van der Waals surface area contributed by atoms with E-state index in [4.69, 9.17) is 26.8 Å². The van der Waals surface area contributed by atoms with Gasteiger partial charge in [0, 0.05) is 28.6 Å². The van der Waals surface area contributed by atoms with Gasteiger partial charge in [-0.2, -0.15) is 0 Å². The highest BCUT2D eigenvalue weighted by atomic mass is 35.5. The van der Waals surface area contributed by atoms with E-state index >= 15 is 0 Å². The molecule has 0 fully saturated rings. The number of hydrogen-bond acceptors (Lipinski definition) is 3. The second-order valence-corrected chi connectivity index (χ2v) is 5.28. The highest BCUT2D eigenvalue weighted by molar-refractivity contribution is 6.31. The third kappa shape index (κ3) is 2.35. The van der Waals surface area contributed by atoms with E-state index in [2.05, 4.69) is 0 Å². The van der Waals surface area contributed by atoms with Crippen molar-refractivity contribution in [3.8, 4) is 11.5 Å². The summed E-state index contributed by atoms with van der Waals surface area (Å²) in [6.45, 7) is 0. The van der Waals surface area contributed by atoms with E-state index in [-0.39, 0.29) is 12.1 Å². The van der Waals surface area contributed by atoms with Crippen LogP contribution in [0.5, 0.6) is 11.5 Å². The molecule has 1 unspecified atom stereocenters. The number of hydrogen-bond donors (Lipinski definition) is 1. The van der Waals surface area contributed by atoms with Crippen LogP contribution < -0.4 is 15.2 Å². The fraction of sp³-hybridized carbons (Fsp3) is 0.250. The first-order chi connectivity index (χ1) is 9.69. The molecule has 104 valence electrons. The van der Waals surface area contributed by atoms with Crippen molar-refractivity contribution in [2.75, 3.05) is 7.11 Å². The van der Waals surface area contributed by atoms with E-state index in [1.54, 1.807) is 7.11 Å². The Morgan fingerprint density at radius 3 is 2.75 bits per heavy atom. The molecule has 4 heteroatoms. The molecule has 0 saturated heterocycles. The minimum Gasteiger partial charge on any atom is -0.497 e. The molecular formula is C16H16ClNO2. The molecule has 1 aliphatic rings. The van der Waals surface area contributed by atoms with Gasteiger partial charge < -0.3 is 15.2 Å². The van der Waals surface area contributed by atoms with Crippen LogP contribution in [0.15, 0.2) is 42.5 Å². The quantitative estimate of drug-likeness (QED) is 0.913. The standard InChI is InChI=1S/C16H16ClNO2/c1-19-10-6-7-15-12(8-10)14(18)9-16(20-15)11-4-2-3-5-13(11)17/h2-8,14,16H,9,18H2,1H3/t14-,16?/m1/s1. The zero-order valence-electron chi connectivity index (χ0n) is 11.2. The minimum absolute atomic E-state index is 0.0878. The lowest BCUT2D eigenvalue weighted by Crippen LogP contribution is -2.24. The lowest BCUT2D eigenvalue weighted by molar-refractivity contribution is 0.161. The van der Waals surface area contributed by atoms with Crippen LogP contribution >= 0.6 is 11.6 Å². The third-order valence-electron chi connectivity index (χ3n) is 3.61. The highest BCUT2D eigenvalue weighted by Gasteiger charge is 2.28. The number of ether oxygens (including phenoxy) is 2. The fourth-order valence-corrected chi connectivity index (χ4v) is 2.79. The highest BCUT2D eigenvalue weighted by Crippen LogP contribution is 2.42. The van der Waals surface area contributed by atoms with Crippen molar-refractivity contribution in [1.29, 1.82) is 0 Å². The van der Waals surface area contributed by atoms with Crippen molar-refractivity contribution in [3.05, 3.63) is 58.6 Å². The summed E-state index contributed by atoms with van der Waals surface area (Å²) < 4.78 is 11.3. The number of nitrogens with two attached hydrogens (primary N) is 1. The minimum atomic E-state index is -0.111. The molecule has 0 aliphatic carbocycles. The van der Waals surface area contributed by atoms with Crippen LogP contribution in [0.25, 0.3) is 0 Å². The van der Waals surface area contributed by atoms with E-state index in [9.17, 15) is 0 Å². The molecule has 2 N–H and O–H groups in total. The largest absolute Gasteiger partial charge is 0.497 e. The lowest BCUT2D eigenvalue weighted by atomic mass is 9.93. The van der Waals surface area contributed by atoms with Crippen LogP contribution in [0.1, 0.15) is 29.7 Å². The molecule has 2 aromatic carbocycles. The summed E-state index contributed by atoms with van der Waals surface area (Å²) in [4.78, 5) is 0. The summed E-state index contributed by atoms with van der Waals surface area (Å²) in [6, 6.07) is 13.3. The topological polar surface area (TPSA) is 44.5 Å². The first-order valence-corrected chi connectivity index (χ1v) is 6.91. The third-order valence-corrected chi connectivity index (χ3v) is 3.95. The summed E-state index contributed by atoms with van der Waals surface area (Å²) in [5.74, 6) is 1.59. The van der Waals surface area contributed by atoms with Crippen LogP contribution in [-0.2, 0) is 0 Å². The maximum Gasteiger partial charge on any atom is 0.127 e. The normalized spacial score (nSPS) is 20.9. The molecule has 0 amide bonds. The summed E-state index contributed by atoms with van der Waals surface area (Å²) in [6.07, 6.45) is 0.587. The van der Waals surface area contributed by atoms with Crippen molar-refractivity contribution in [3.63, 3.8) is 0 Å². The van der Waals surface area contributed by atoms with E-state index in [1.165, 1.54) is 0 Å². The van der Waals surface area contributed by atoms with Gasteiger partial charge in [-0.05, 0) is 24.3 Å². The molecule has 0 bridgehead atoms. The van der Waals surface area contributed by atoms with Crippen LogP contribution in [-0.4, -0.2) is 7.11 Å².